The van der Waals surface area contributed by atoms with Gasteiger partial charge in [0, 0.05) is 0 Å². The minimum absolute atomic E-state index is 0.535. The maximum absolute atomic E-state index is 2.35. The van der Waals surface area contributed by atoms with Crippen molar-refractivity contribution in [2.45, 2.75) is 9.70 Å². The van der Waals surface area contributed by atoms with Gasteiger partial charge < -0.3 is 0 Å². The first-order valence-corrected chi connectivity index (χ1v) is 7.73. The van der Waals surface area contributed by atoms with E-state index in [1.54, 1.807) is 0 Å². The van der Waals surface area contributed by atoms with Crippen LogP contribution in [-0.2, 0) is 14.7 Å². The second kappa shape index (κ2) is 4.51. The van der Waals surface area contributed by atoms with Crippen LogP contribution < -0.4 is 0 Å². The van der Waals surface area contributed by atoms with E-state index in [2.05, 4.69) is 72.8 Å². The third kappa shape index (κ3) is 1.90. The van der Waals surface area contributed by atoms with Gasteiger partial charge in [-0.2, -0.15) is 0 Å². The molecule has 2 unspecified atom stereocenters. The standard InChI is InChI=1S/2C9H7.Co/c2*1-2-5-9-7-3-6-8(9)4-1;/h2*1-7H;. The summed E-state index contributed by atoms with van der Waals surface area (Å²) >= 11 is 1.50. The van der Waals surface area contributed by atoms with E-state index in [9.17, 15) is 0 Å². The van der Waals surface area contributed by atoms with Crippen LogP contribution >= 0.6 is 0 Å². The fourth-order valence-electron chi connectivity index (χ4n) is 2.70. The summed E-state index contributed by atoms with van der Waals surface area (Å²) < 4.78 is 0. The molecular formula is C18H14Co. The van der Waals surface area contributed by atoms with Gasteiger partial charge in [0.25, 0.3) is 0 Å². The monoisotopic (exact) mass is 289 g/mol. The number of fused-ring (bicyclic) bond motifs is 2. The molecule has 0 amide bonds. The van der Waals surface area contributed by atoms with Crippen molar-refractivity contribution in [1.82, 2.24) is 0 Å². The third-order valence-electron chi connectivity index (χ3n) is 3.67. The Kier molecular flexibility index (Phi) is 2.68. The first kappa shape index (κ1) is 11.3. The van der Waals surface area contributed by atoms with Gasteiger partial charge in [0.05, 0.1) is 0 Å². The SMILES string of the molecule is C1=C[CH]([Co][CH]2C=Cc3ccccc32)c2ccccc21. The van der Waals surface area contributed by atoms with Gasteiger partial charge in [-0.25, -0.2) is 0 Å². The van der Waals surface area contributed by atoms with Crippen molar-refractivity contribution < 1.29 is 14.7 Å². The van der Waals surface area contributed by atoms with Crippen LogP contribution in [0.25, 0.3) is 12.2 Å². The van der Waals surface area contributed by atoms with Crippen LogP contribution in [0.1, 0.15) is 32.0 Å². The first-order valence-electron chi connectivity index (χ1n) is 6.53. The Labute approximate surface area is 119 Å². The molecule has 0 aromatic heterocycles. The Balaban J connectivity index is 1.62. The van der Waals surface area contributed by atoms with E-state index in [0.29, 0.717) is 9.70 Å². The molecule has 0 saturated heterocycles. The maximum atomic E-state index is 2.35. The van der Waals surface area contributed by atoms with Gasteiger partial charge in [0.15, 0.2) is 0 Å². The Morgan fingerprint density at radius 1 is 0.632 bits per heavy atom. The summed E-state index contributed by atoms with van der Waals surface area (Å²) in [5.41, 5.74) is 5.71. The van der Waals surface area contributed by atoms with Gasteiger partial charge in [0.1, 0.15) is 0 Å². The molecule has 0 fully saturated rings. The number of hydrogen-bond acceptors (Lipinski definition) is 0. The fourth-order valence-corrected chi connectivity index (χ4v) is 4.46. The van der Waals surface area contributed by atoms with Gasteiger partial charge in [-0.15, -0.1) is 0 Å². The van der Waals surface area contributed by atoms with E-state index in [1.807, 2.05) is 0 Å². The van der Waals surface area contributed by atoms with E-state index in [1.165, 1.54) is 37.0 Å². The van der Waals surface area contributed by atoms with Crippen molar-refractivity contribution in [3.05, 3.63) is 82.9 Å². The topological polar surface area (TPSA) is 0 Å². The van der Waals surface area contributed by atoms with Crippen molar-refractivity contribution in [2.24, 2.45) is 0 Å². The number of hydrogen-bond donors (Lipinski definition) is 0. The van der Waals surface area contributed by atoms with Crippen molar-refractivity contribution in [1.29, 1.82) is 0 Å². The second-order valence-electron chi connectivity index (χ2n) is 4.84. The molecule has 2 aromatic rings. The zero-order valence-corrected chi connectivity index (χ0v) is 11.5. The summed E-state index contributed by atoms with van der Waals surface area (Å²) in [7, 11) is 0. The normalized spacial score (nSPS) is 22.7. The van der Waals surface area contributed by atoms with E-state index in [4.69, 9.17) is 0 Å². The Hall–Kier alpha value is -1.57. The third-order valence-corrected chi connectivity index (χ3v) is 5.47. The van der Waals surface area contributed by atoms with E-state index in [-0.39, 0.29) is 0 Å². The van der Waals surface area contributed by atoms with Crippen LogP contribution in [0.2, 0.25) is 0 Å². The van der Waals surface area contributed by atoms with Crippen LogP contribution in [0, 0.1) is 0 Å². The average Bonchev–Trinajstić information content (AvgIpc) is 3.05. The first-order chi connectivity index (χ1) is 9.42. The number of benzene rings is 2. The minimum atomic E-state index is 0.535. The van der Waals surface area contributed by atoms with Crippen molar-refractivity contribution in [3.63, 3.8) is 0 Å². The molecule has 0 radical (unpaired) electrons. The summed E-state index contributed by atoms with van der Waals surface area (Å²) in [5, 5.41) is 0. The molecular weight excluding hydrogens is 275 g/mol. The predicted octanol–water partition coefficient (Wildman–Crippen LogP) is 4.61. The summed E-state index contributed by atoms with van der Waals surface area (Å²) in [5.74, 6) is 0. The van der Waals surface area contributed by atoms with Gasteiger partial charge in [-0.3, -0.25) is 0 Å². The number of allylic oxidation sites excluding steroid dienone is 2. The fraction of sp³-hybridized carbons (Fsp3) is 0.111. The molecule has 0 spiro atoms. The molecule has 1 heteroatoms. The molecule has 2 aliphatic rings. The second-order valence-corrected chi connectivity index (χ2v) is 6.48. The molecule has 0 aliphatic heterocycles. The molecule has 95 valence electrons. The average molecular weight is 289 g/mol. The van der Waals surface area contributed by atoms with Crippen LogP contribution in [0.3, 0.4) is 0 Å². The predicted molar refractivity (Wildman–Crippen MR) is 76.4 cm³/mol. The van der Waals surface area contributed by atoms with Gasteiger partial charge >= 0.3 is 119 Å². The Bertz CT molecular complexity index is 622. The summed E-state index contributed by atoms with van der Waals surface area (Å²) in [6, 6.07) is 17.5. The van der Waals surface area contributed by atoms with E-state index < -0.39 is 0 Å². The molecule has 0 N–H and O–H groups in total. The van der Waals surface area contributed by atoms with Gasteiger partial charge in [-0.1, -0.05) is 0 Å². The van der Waals surface area contributed by atoms with Crippen LogP contribution in [0.15, 0.2) is 60.7 Å². The number of rotatable bonds is 2. The summed E-state index contributed by atoms with van der Waals surface area (Å²) in [6.07, 6.45) is 9.21. The molecule has 2 aromatic carbocycles. The summed E-state index contributed by atoms with van der Waals surface area (Å²) in [4.78, 5) is 1.07. The van der Waals surface area contributed by atoms with Gasteiger partial charge in [0.2, 0.25) is 0 Å². The molecule has 0 heterocycles. The Morgan fingerprint density at radius 3 is 1.63 bits per heavy atom. The van der Waals surface area contributed by atoms with Crippen molar-refractivity contribution in [3.8, 4) is 0 Å². The molecule has 4 rings (SSSR count). The van der Waals surface area contributed by atoms with Crippen molar-refractivity contribution in [2.75, 3.05) is 0 Å². The Morgan fingerprint density at radius 2 is 1.11 bits per heavy atom. The van der Waals surface area contributed by atoms with Gasteiger partial charge in [-0.05, 0) is 0 Å². The molecule has 2 aliphatic carbocycles. The quantitative estimate of drug-likeness (QED) is 0.757. The summed E-state index contributed by atoms with van der Waals surface area (Å²) in [6.45, 7) is 0. The van der Waals surface area contributed by atoms with Crippen molar-refractivity contribution >= 4 is 12.2 Å². The van der Waals surface area contributed by atoms with Crippen LogP contribution in [0.4, 0.5) is 0 Å². The van der Waals surface area contributed by atoms with Crippen LogP contribution in [0.5, 0.6) is 0 Å². The van der Waals surface area contributed by atoms with E-state index >= 15 is 0 Å². The molecule has 19 heavy (non-hydrogen) atoms. The van der Waals surface area contributed by atoms with E-state index in [0.717, 1.165) is 0 Å². The zero-order chi connectivity index (χ0) is 12.7. The molecule has 0 bridgehead atoms. The molecule has 0 saturated carbocycles. The molecule has 0 nitrogen and oxygen atoms in total. The zero-order valence-electron chi connectivity index (χ0n) is 10.4. The molecule has 2 atom stereocenters. The van der Waals surface area contributed by atoms with Crippen LogP contribution in [-0.4, -0.2) is 0 Å².